The van der Waals surface area contributed by atoms with Gasteiger partial charge in [-0.25, -0.2) is 4.39 Å². The van der Waals surface area contributed by atoms with Crippen LogP contribution in [-0.4, -0.2) is 34.6 Å². The Morgan fingerprint density at radius 1 is 1.27 bits per heavy atom. The summed E-state index contributed by atoms with van der Waals surface area (Å²) >= 11 is 0. The number of ether oxygens (including phenoxy) is 1. The predicted molar refractivity (Wildman–Crippen MR) is 82.1 cm³/mol. The van der Waals surface area contributed by atoms with E-state index in [1.807, 2.05) is 6.20 Å². The number of para-hydroxylation sites is 1. The number of nitrogens with zero attached hydrogens (tertiary/aromatic N) is 3. The predicted octanol–water partition coefficient (Wildman–Crippen LogP) is 3.22. The molecule has 0 bridgehead atoms. The van der Waals surface area contributed by atoms with Gasteiger partial charge in [-0.05, 0) is 37.9 Å². The second-order valence-corrected chi connectivity index (χ2v) is 5.46. The molecular formula is C17H20FN3O. The Labute approximate surface area is 130 Å². The molecular weight excluding hydrogens is 281 g/mol. The molecule has 2 heterocycles. The molecule has 0 N–H and O–H groups in total. The normalized spacial score (nSPS) is 18.5. The third-order valence-corrected chi connectivity index (χ3v) is 3.97. The second kappa shape index (κ2) is 7.31. The van der Waals surface area contributed by atoms with Crippen LogP contribution < -0.4 is 4.74 Å². The van der Waals surface area contributed by atoms with Crippen LogP contribution in [0.15, 0.2) is 42.9 Å². The van der Waals surface area contributed by atoms with Crippen LogP contribution in [0.5, 0.6) is 5.75 Å². The summed E-state index contributed by atoms with van der Waals surface area (Å²) in [4.78, 5) is 11.0. The maximum absolute atomic E-state index is 13.5. The molecule has 1 aromatic heterocycles. The molecule has 1 fully saturated rings. The Bertz CT molecular complexity index is 593. The third-order valence-electron chi connectivity index (χ3n) is 3.97. The number of aromatic nitrogens is 2. The zero-order valence-electron chi connectivity index (χ0n) is 12.5. The lowest BCUT2D eigenvalue weighted by molar-refractivity contribution is 0.217. The van der Waals surface area contributed by atoms with Crippen molar-refractivity contribution < 1.29 is 9.13 Å². The molecule has 0 spiro atoms. The molecule has 0 saturated carbocycles. The lowest BCUT2D eigenvalue weighted by Crippen LogP contribution is -2.26. The molecule has 1 atom stereocenters. The maximum atomic E-state index is 13.5. The average Bonchev–Trinajstić information content (AvgIpc) is 3.02. The van der Waals surface area contributed by atoms with Gasteiger partial charge in [0.05, 0.1) is 18.3 Å². The van der Waals surface area contributed by atoms with Gasteiger partial charge in [0.25, 0.3) is 0 Å². The molecule has 116 valence electrons. The summed E-state index contributed by atoms with van der Waals surface area (Å²) in [6.07, 6.45) is 8.45. The van der Waals surface area contributed by atoms with Crippen LogP contribution >= 0.6 is 0 Å². The fourth-order valence-electron chi connectivity index (χ4n) is 2.92. The quantitative estimate of drug-likeness (QED) is 0.768. The van der Waals surface area contributed by atoms with Crippen LogP contribution in [0, 0.1) is 5.82 Å². The summed E-state index contributed by atoms with van der Waals surface area (Å²) < 4.78 is 19.0. The van der Waals surface area contributed by atoms with Crippen LogP contribution in [-0.2, 0) is 0 Å². The molecule has 1 aliphatic heterocycles. The van der Waals surface area contributed by atoms with E-state index < -0.39 is 0 Å². The Morgan fingerprint density at radius 3 is 3.00 bits per heavy atom. The van der Waals surface area contributed by atoms with Crippen LogP contribution in [0.2, 0.25) is 0 Å². The van der Waals surface area contributed by atoms with Gasteiger partial charge in [-0.15, -0.1) is 0 Å². The lowest BCUT2D eigenvalue weighted by atomic mass is 10.1. The molecule has 1 aliphatic rings. The summed E-state index contributed by atoms with van der Waals surface area (Å²) in [5.41, 5.74) is 1.04. The van der Waals surface area contributed by atoms with Gasteiger partial charge in [0.1, 0.15) is 0 Å². The van der Waals surface area contributed by atoms with Gasteiger partial charge in [0.15, 0.2) is 11.6 Å². The number of rotatable bonds is 6. The van der Waals surface area contributed by atoms with Crippen molar-refractivity contribution in [2.24, 2.45) is 0 Å². The molecule has 5 heteroatoms. The summed E-state index contributed by atoms with van der Waals surface area (Å²) in [7, 11) is 0. The monoisotopic (exact) mass is 301 g/mol. The summed E-state index contributed by atoms with van der Waals surface area (Å²) in [5.74, 6) is 0.0236. The highest BCUT2D eigenvalue weighted by Crippen LogP contribution is 2.30. The van der Waals surface area contributed by atoms with Crippen molar-refractivity contribution in [1.29, 1.82) is 0 Å². The van der Waals surface area contributed by atoms with Gasteiger partial charge in [-0.3, -0.25) is 14.9 Å². The molecule has 1 saturated heterocycles. The zero-order chi connectivity index (χ0) is 15.2. The Balaban J connectivity index is 1.48. The van der Waals surface area contributed by atoms with E-state index in [1.54, 1.807) is 30.6 Å². The van der Waals surface area contributed by atoms with Crippen molar-refractivity contribution in [3.8, 4) is 5.75 Å². The van der Waals surface area contributed by atoms with Gasteiger partial charge in [0, 0.05) is 25.1 Å². The molecule has 0 radical (unpaired) electrons. The average molecular weight is 301 g/mol. The first-order valence-electron chi connectivity index (χ1n) is 7.72. The summed E-state index contributed by atoms with van der Waals surface area (Å²) in [5, 5.41) is 0. The minimum absolute atomic E-state index is 0.305. The van der Waals surface area contributed by atoms with Crippen molar-refractivity contribution in [2.45, 2.75) is 25.3 Å². The number of benzene rings is 1. The molecule has 0 unspecified atom stereocenters. The fraction of sp³-hybridized carbons (Fsp3) is 0.412. The van der Waals surface area contributed by atoms with Crippen molar-refractivity contribution in [1.82, 2.24) is 14.9 Å². The first-order chi connectivity index (χ1) is 10.8. The van der Waals surface area contributed by atoms with E-state index in [-0.39, 0.29) is 5.82 Å². The number of hydrogen-bond acceptors (Lipinski definition) is 4. The largest absolute Gasteiger partial charge is 0.490 e. The van der Waals surface area contributed by atoms with Gasteiger partial charge < -0.3 is 4.74 Å². The zero-order valence-corrected chi connectivity index (χ0v) is 12.5. The Hall–Kier alpha value is -2.01. The van der Waals surface area contributed by atoms with E-state index >= 15 is 0 Å². The SMILES string of the molecule is Fc1ccccc1OCCCN1CCC[C@@H]1c1cnccn1. The van der Waals surface area contributed by atoms with Crippen molar-refractivity contribution in [2.75, 3.05) is 19.7 Å². The van der Waals surface area contributed by atoms with E-state index in [0.717, 1.165) is 31.6 Å². The van der Waals surface area contributed by atoms with Gasteiger partial charge in [0.2, 0.25) is 0 Å². The first kappa shape index (κ1) is 14.9. The molecule has 2 aromatic rings. The van der Waals surface area contributed by atoms with Crippen LogP contribution in [0.3, 0.4) is 0 Å². The lowest BCUT2D eigenvalue weighted by Gasteiger charge is -2.23. The fourth-order valence-corrected chi connectivity index (χ4v) is 2.92. The van der Waals surface area contributed by atoms with Crippen LogP contribution in [0.4, 0.5) is 4.39 Å². The van der Waals surface area contributed by atoms with E-state index in [0.29, 0.717) is 18.4 Å². The van der Waals surface area contributed by atoms with Gasteiger partial charge in [-0.1, -0.05) is 12.1 Å². The van der Waals surface area contributed by atoms with E-state index in [9.17, 15) is 4.39 Å². The van der Waals surface area contributed by atoms with Crippen molar-refractivity contribution in [3.63, 3.8) is 0 Å². The number of likely N-dealkylation sites (tertiary alicyclic amines) is 1. The summed E-state index contributed by atoms with van der Waals surface area (Å²) in [6.45, 7) is 2.52. The highest BCUT2D eigenvalue weighted by atomic mass is 19.1. The minimum Gasteiger partial charge on any atom is -0.490 e. The van der Waals surface area contributed by atoms with E-state index in [2.05, 4.69) is 14.9 Å². The third kappa shape index (κ3) is 3.60. The number of hydrogen-bond donors (Lipinski definition) is 0. The molecule has 22 heavy (non-hydrogen) atoms. The Kier molecular flexibility index (Phi) is 4.96. The summed E-state index contributed by atoms with van der Waals surface area (Å²) in [6, 6.07) is 6.87. The smallest absolute Gasteiger partial charge is 0.165 e. The highest BCUT2D eigenvalue weighted by Gasteiger charge is 2.26. The Morgan fingerprint density at radius 2 is 2.18 bits per heavy atom. The molecule has 0 amide bonds. The van der Waals surface area contributed by atoms with E-state index in [1.165, 1.54) is 12.5 Å². The molecule has 0 aliphatic carbocycles. The standard InChI is InChI=1S/C17H20FN3O/c18-14-5-1-2-7-17(14)22-12-4-11-21-10-3-6-16(21)15-13-19-8-9-20-15/h1-2,5,7-9,13,16H,3-4,6,10-12H2/t16-/m1/s1. The van der Waals surface area contributed by atoms with E-state index in [4.69, 9.17) is 4.74 Å². The van der Waals surface area contributed by atoms with Gasteiger partial charge in [-0.2, -0.15) is 0 Å². The minimum atomic E-state index is -0.305. The van der Waals surface area contributed by atoms with Crippen LogP contribution in [0.1, 0.15) is 31.0 Å². The number of halogens is 1. The molecule has 4 nitrogen and oxygen atoms in total. The van der Waals surface area contributed by atoms with Crippen molar-refractivity contribution >= 4 is 0 Å². The second-order valence-electron chi connectivity index (χ2n) is 5.46. The van der Waals surface area contributed by atoms with Crippen LogP contribution in [0.25, 0.3) is 0 Å². The maximum Gasteiger partial charge on any atom is 0.165 e. The topological polar surface area (TPSA) is 38.2 Å². The van der Waals surface area contributed by atoms with Gasteiger partial charge >= 0.3 is 0 Å². The first-order valence-corrected chi connectivity index (χ1v) is 7.72. The highest BCUT2D eigenvalue weighted by molar-refractivity contribution is 5.23. The molecule has 1 aromatic carbocycles. The molecule has 3 rings (SSSR count). The van der Waals surface area contributed by atoms with Crippen molar-refractivity contribution in [3.05, 3.63) is 54.4 Å².